The second-order valence-electron chi connectivity index (χ2n) is 5.11. The molecule has 0 radical (unpaired) electrons. The molecule has 112 valence electrons. The summed E-state index contributed by atoms with van der Waals surface area (Å²) in [6, 6.07) is 11.0. The van der Waals surface area contributed by atoms with Crippen LogP contribution < -0.4 is 4.72 Å². The number of rotatable bonds is 4. The van der Waals surface area contributed by atoms with Gasteiger partial charge >= 0.3 is 0 Å². The summed E-state index contributed by atoms with van der Waals surface area (Å²) in [7, 11) is -3.68. The van der Waals surface area contributed by atoms with Crippen molar-refractivity contribution in [3.05, 3.63) is 65.0 Å². The second-order valence-corrected chi connectivity index (χ2v) is 6.82. The van der Waals surface area contributed by atoms with Crippen LogP contribution in [-0.2, 0) is 10.0 Å². The van der Waals surface area contributed by atoms with Crippen molar-refractivity contribution in [2.24, 2.45) is 0 Å². The van der Waals surface area contributed by atoms with Crippen LogP contribution in [0.4, 0.5) is 4.39 Å². The molecular formula is C16H18FNO2S. The largest absolute Gasteiger partial charge is 0.241 e. The zero-order chi connectivity index (χ0) is 15.6. The molecule has 0 saturated carbocycles. The molecule has 1 N–H and O–H groups in total. The fourth-order valence-electron chi connectivity index (χ4n) is 2.22. The van der Waals surface area contributed by atoms with E-state index in [0.29, 0.717) is 5.56 Å². The van der Waals surface area contributed by atoms with Gasteiger partial charge in [-0.25, -0.2) is 17.5 Å². The molecule has 3 nitrogen and oxygen atoms in total. The van der Waals surface area contributed by atoms with Gasteiger partial charge in [0.25, 0.3) is 0 Å². The van der Waals surface area contributed by atoms with E-state index in [4.69, 9.17) is 0 Å². The molecule has 0 aliphatic heterocycles. The van der Waals surface area contributed by atoms with Gasteiger partial charge in [0.2, 0.25) is 10.0 Å². The summed E-state index contributed by atoms with van der Waals surface area (Å²) in [6.07, 6.45) is 0. The van der Waals surface area contributed by atoms with Gasteiger partial charge in [0.1, 0.15) is 5.82 Å². The van der Waals surface area contributed by atoms with E-state index < -0.39 is 15.8 Å². The molecule has 0 saturated heterocycles. The van der Waals surface area contributed by atoms with Gasteiger partial charge in [-0.2, -0.15) is 0 Å². The summed E-state index contributed by atoms with van der Waals surface area (Å²) >= 11 is 0. The highest BCUT2D eigenvalue weighted by Crippen LogP contribution is 2.21. The van der Waals surface area contributed by atoms with E-state index in [0.717, 1.165) is 11.1 Å². The van der Waals surface area contributed by atoms with Crippen molar-refractivity contribution in [2.75, 3.05) is 0 Å². The van der Waals surface area contributed by atoms with E-state index in [9.17, 15) is 12.8 Å². The zero-order valence-corrected chi connectivity index (χ0v) is 13.0. The predicted octanol–water partition coefficient (Wildman–Crippen LogP) is 3.48. The molecule has 0 aromatic heterocycles. The number of halogens is 1. The molecule has 2 aromatic carbocycles. The Labute approximate surface area is 124 Å². The molecule has 5 heteroatoms. The van der Waals surface area contributed by atoms with Crippen molar-refractivity contribution in [3.8, 4) is 0 Å². The minimum absolute atomic E-state index is 0.0711. The Hall–Kier alpha value is -1.72. The van der Waals surface area contributed by atoms with Crippen LogP contribution >= 0.6 is 0 Å². The van der Waals surface area contributed by atoms with E-state index in [1.807, 2.05) is 31.2 Å². The Morgan fingerprint density at radius 2 is 1.71 bits per heavy atom. The molecule has 2 aromatic rings. The first kappa shape index (κ1) is 15.7. The maximum Gasteiger partial charge on any atom is 0.241 e. The number of benzene rings is 2. The van der Waals surface area contributed by atoms with Crippen molar-refractivity contribution >= 4 is 10.0 Å². The first-order valence-electron chi connectivity index (χ1n) is 6.65. The molecular weight excluding hydrogens is 289 g/mol. The molecule has 21 heavy (non-hydrogen) atoms. The van der Waals surface area contributed by atoms with Gasteiger partial charge in [-0.1, -0.05) is 24.3 Å². The smallest absolute Gasteiger partial charge is 0.207 e. The summed E-state index contributed by atoms with van der Waals surface area (Å²) in [5.74, 6) is -0.416. The molecule has 2 rings (SSSR count). The van der Waals surface area contributed by atoms with Gasteiger partial charge in [-0.3, -0.25) is 0 Å². The molecule has 0 aliphatic carbocycles. The average molecular weight is 307 g/mol. The summed E-state index contributed by atoms with van der Waals surface area (Å²) < 4.78 is 40.6. The summed E-state index contributed by atoms with van der Waals surface area (Å²) in [5, 5.41) is 0. The van der Waals surface area contributed by atoms with Gasteiger partial charge in [0.05, 0.1) is 4.90 Å². The Bertz CT molecular complexity index is 757. The Morgan fingerprint density at radius 3 is 2.33 bits per heavy atom. The van der Waals surface area contributed by atoms with Crippen molar-refractivity contribution < 1.29 is 12.8 Å². The minimum Gasteiger partial charge on any atom is -0.207 e. The third kappa shape index (κ3) is 3.49. The number of nitrogens with one attached hydrogen (secondary N) is 1. The van der Waals surface area contributed by atoms with Crippen LogP contribution in [0, 0.1) is 19.7 Å². The van der Waals surface area contributed by atoms with Gasteiger partial charge in [0, 0.05) is 6.04 Å². The Kier molecular flexibility index (Phi) is 4.44. The van der Waals surface area contributed by atoms with Gasteiger partial charge in [-0.05, 0) is 55.7 Å². The molecule has 0 heterocycles. The molecule has 0 spiro atoms. The Morgan fingerprint density at radius 1 is 1.05 bits per heavy atom. The second kappa shape index (κ2) is 5.95. The molecule has 0 fully saturated rings. The normalized spacial score (nSPS) is 13.1. The maximum atomic E-state index is 13.3. The highest BCUT2D eigenvalue weighted by molar-refractivity contribution is 7.89. The first-order chi connectivity index (χ1) is 9.81. The van der Waals surface area contributed by atoms with Crippen LogP contribution in [0.5, 0.6) is 0 Å². The maximum absolute atomic E-state index is 13.3. The van der Waals surface area contributed by atoms with Crippen LogP contribution in [0.1, 0.15) is 29.7 Å². The zero-order valence-electron chi connectivity index (χ0n) is 12.2. The van der Waals surface area contributed by atoms with E-state index >= 15 is 0 Å². The number of hydrogen-bond donors (Lipinski definition) is 1. The molecule has 0 amide bonds. The standard InChI is InChI=1S/C16H18FNO2S/c1-11-6-4-5-7-15(11)13(3)18-21(19,20)14-8-9-16(17)12(2)10-14/h4-10,13,18H,1-3H3. The van der Waals surface area contributed by atoms with E-state index in [1.54, 1.807) is 13.8 Å². The lowest BCUT2D eigenvalue weighted by atomic mass is 10.0. The lowest BCUT2D eigenvalue weighted by Gasteiger charge is -2.17. The predicted molar refractivity (Wildman–Crippen MR) is 81.1 cm³/mol. The monoisotopic (exact) mass is 307 g/mol. The summed E-state index contributed by atoms with van der Waals surface area (Å²) in [5.41, 5.74) is 2.24. The van der Waals surface area contributed by atoms with Crippen molar-refractivity contribution in [2.45, 2.75) is 31.7 Å². The highest BCUT2D eigenvalue weighted by atomic mass is 32.2. The molecule has 1 unspecified atom stereocenters. The molecule has 1 atom stereocenters. The SMILES string of the molecule is Cc1cc(S(=O)(=O)NC(C)c2ccccc2C)ccc1F. The van der Waals surface area contributed by atoms with Gasteiger partial charge in [-0.15, -0.1) is 0 Å². The fraction of sp³-hybridized carbons (Fsp3) is 0.250. The van der Waals surface area contributed by atoms with Crippen molar-refractivity contribution in [1.29, 1.82) is 0 Å². The lowest BCUT2D eigenvalue weighted by Crippen LogP contribution is -2.27. The lowest BCUT2D eigenvalue weighted by molar-refractivity contribution is 0.565. The number of aryl methyl sites for hydroxylation is 2. The van der Waals surface area contributed by atoms with Crippen LogP contribution in [0.3, 0.4) is 0 Å². The van der Waals surface area contributed by atoms with E-state index in [2.05, 4.69) is 4.72 Å². The minimum atomic E-state index is -3.68. The van der Waals surface area contributed by atoms with Crippen LogP contribution in [0.25, 0.3) is 0 Å². The van der Waals surface area contributed by atoms with Gasteiger partial charge < -0.3 is 0 Å². The number of sulfonamides is 1. The third-order valence-corrected chi connectivity index (χ3v) is 4.96. The molecule has 0 bridgehead atoms. The van der Waals surface area contributed by atoms with Gasteiger partial charge in [0.15, 0.2) is 0 Å². The van der Waals surface area contributed by atoms with E-state index in [-0.39, 0.29) is 10.9 Å². The Balaban J connectivity index is 2.29. The quantitative estimate of drug-likeness (QED) is 0.940. The van der Waals surface area contributed by atoms with Crippen molar-refractivity contribution in [3.63, 3.8) is 0 Å². The van der Waals surface area contributed by atoms with Crippen LogP contribution in [0.15, 0.2) is 47.4 Å². The van der Waals surface area contributed by atoms with Crippen molar-refractivity contribution in [1.82, 2.24) is 4.72 Å². The first-order valence-corrected chi connectivity index (χ1v) is 8.13. The number of hydrogen-bond acceptors (Lipinski definition) is 2. The topological polar surface area (TPSA) is 46.2 Å². The summed E-state index contributed by atoms with van der Waals surface area (Å²) in [6.45, 7) is 5.26. The third-order valence-electron chi connectivity index (χ3n) is 3.43. The van der Waals surface area contributed by atoms with Crippen LogP contribution in [-0.4, -0.2) is 8.42 Å². The summed E-state index contributed by atoms with van der Waals surface area (Å²) in [4.78, 5) is 0.0711. The average Bonchev–Trinajstić information content (AvgIpc) is 2.41. The van der Waals surface area contributed by atoms with Crippen LogP contribution in [0.2, 0.25) is 0 Å². The highest BCUT2D eigenvalue weighted by Gasteiger charge is 2.19. The molecule has 0 aliphatic rings. The van der Waals surface area contributed by atoms with E-state index in [1.165, 1.54) is 18.2 Å². The fourth-order valence-corrected chi connectivity index (χ4v) is 3.53.